The van der Waals surface area contributed by atoms with Crippen molar-refractivity contribution < 1.29 is 19.1 Å². The fraction of sp³-hybridized carbons (Fsp3) is 0.379. The van der Waals surface area contributed by atoms with E-state index in [1.165, 1.54) is 0 Å². The molecule has 0 spiro atoms. The van der Waals surface area contributed by atoms with Gasteiger partial charge in [-0.25, -0.2) is 14.6 Å². The van der Waals surface area contributed by atoms with Crippen LogP contribution in [0, 0.1) is 0 Å². The van der Waals surface area contributed by atoms with Crippen LogP contribution in [0.15, 0.2) is 64.4 Å². The lowest BCUT2D eigenvalue weighted by atomic mass is 9.88. The summed E-state index contributed by atoms with van der Waals surface area (Å²) in [6.45, 7) is 4.74. The molecule has 0 saturated heterocycles. The molecule has 1 atom stereocenters. The second-order valence-electron chi connectivity index (χ2n) is 9.34. The Hall–Kier alpha value is -3.38. The quantitative estimate of drug-likeness (QED) is 0.343. The first-order valence-corrected chi connectivity index (χ1v) is 12.9. The number of esters is 1. The van der Waals surface area contributed by atoms with Gasteiger partial charge in [-0.15, -0.1) is 0 Å². The SMILES string of the molecule is CCOC(=O)c1cccc(-c2cc(Cl)ccc2OCCN2C(=C=O)C3=C(CCC(N(C)C)C3)N=C2C)c1. The normalized spacial score (nSPS) is 17.4. The van der Waals surface area contributed by atoms with Crippen LogP contribution >= 0.6 is 11.6 Å². The van der Waals surface area contributed by atoms with Gasteiger partial charge >= 0.3 is 5.97 Å². The van der Waals surface area contributed by atoms with Crippen LogP contribution in [-0.2, 0) is 9.53 Å². The van der Waals surface area contributed by atoms with Gasteiger partial charge in [0.15, 0.2) is 5.94 Å². The van der Waals surface area contributed by atoms with Crippen LogP contribution in [0.25, 0.3) is 11.1 Å². The summed E-state index contributed by atoms with van der Waals surface area (Å²) in [5, 5.41) is 0.557. The van der Waals surface area contributed by atoms with E-state index in [0.717, 1.165) is 47.5 Å². The van der Waals surface area contributed by atoms with Crippen LogP contribution in [-0.4, -0.2) is 67.4 Å². The molecule has 0 radical (unpaired) electrons. The number of aliphatic imine (C=N–C) groups is 1. The predicted molar refractivity (Wildman–Crippen MR) is 146 cm³/mol. The first kappa shape index (κ1) is 26.7. The van der Waals surface area contributed by atoms with Gasteiger partial charge in [-0.3, -0.25) is 0 Å². The molecule has 0 aromatic heterocycles. The van der Waals surface area contributed by atoms with Gasteiger partial charge in [0, 0.05) is 27.9 Å². The maximum Gasteiger partial charge on any atom is 0.338 e. The summed E-state index contributed by atoms with van der Waals surface area (Å²) in [7, 11) is 4.13. The minimum atomic E-state index is -0.380. The number of carbonyl (C=O) groups excluding carboxylic acids is 2. The fourth-order valence-electron chi connectivity index (χ4n) is 4.81. The highest BCUT2D eigenvalue weighted by molar-refractivity contribution is 6.31. The molecule has 0 fully saturated rings. The second-order valence-corrected chi connectivity index (χ2v) is 9.77. The Morgan fingerprint density at radius 2 is 2.05 bits per heavy atom. The summed E-state index contributed by atoms with van der Waals surface area (Å²) >= 11 is 6.30. The predicted octanol–water partition coefficient (Wildman–Crippen LogP) is 5.38. The molecule has 1 aliphatic heterocycles. The molecule has 8 heteroatoms. The number of nitrogens with zero attached hydrogens (tertiary/aromatic N) is 3. The second kappa shape index (κ2) is 11.8. The molecular weight excluding hydrogens is 490 g/mol. The van der Waals surface area contributed by atoms with Crippen molar-refractivity contribution in [1.29, 1.82) is 0 Å². The molecule has 7 nitrogen and oxygen atoms in total. The lowest BCUT2D eigenvalue weighted by Crippen LogP contribution is -2.39. The molecule has 2 aliphatic rings. The van der Waals surface area contributed by atoms with E-state index in [0.29, 0.717) is 47.8 Å². The van der Waals surface area contributed by atoms with Gasteiger partial charge in [-0.2, -0.15) is 0 Å². The number of benzene rings is 2. The highest BCUT2D eigenvalue weighted by Gasteiger charge is 2.32. The number of amidine groups is 1. The number of hydrogen-bond acceptors (Lipinski definition) is 7. The summed E-state index contributed by atoms with van der Waals surface area (Å²) < 4.78 is 11.3. The van der Waals surface area contributed by atoms with Crippen molar-refractivity contribution >= 4 is 29.3 Å². The van der Waals surface area contributed by atoms with Gasteiger partial charge in [0.2, 0.25) is 0 Å². The Bertz CT molecular complexity index is 1290. The van der Waals surface area contributed by atoms with Gasteiger partial charge in [-0.1, -0.05) is 23.7 Å². The largest absolute Gasteiger partial charge is 0.491 e. The van der Waals surface area contributed by atoms with Crippen LogP contribution in [0.2, 0.25) is 5.02 Å². The molecule has 1 unspecified atom stereocenters. The molecule has 0 bridgehead atoms. The van der Waals surface area contributed by atoms with Crippen LogP contribution in [0.3, 0.4) is 0 Å². The zero-order valence-electron chi connectivity index (χ0n) is 21.7. The Labute approximate surface area is 223 Å². The molecule has 0 amide bonds. The zero-order valence-corrected chi connectivity index (χ0v) is 22.5. The Morgan fingerprint density at radius 3 is 2.78 bits per heavy atom. The van der Waals surface area contributed by atoms with Crippen molar-refractivity contribution in [2.24, 2.45) is 4.99 Å². The average molecular weight is 522 g/mol. The average Bonchev–Trinajstić information content (AvgIpc) is 2.89. The van der Waals surface area contributed by atoms with E-state index in [2.05, 4.69) is 24.9 Å². The maximum atomic E-state index is 12.2. The van der Waals surface area contributed by atoms with E-state index in [-0.39, 0.29) is 5.97 Å². The molecule has 2 aromatic carbocycles. The molecule has 0 saturated carbocycles. The summed E-state index contributed by atoms with van der Waals surface area (Å²) in [5.74, 6) is 3.19. The Morgan fingerprint density at radius 1 is 1.24 bits per heavy atom. The van der Waals surface area contributed by atoms with Crippen molar-refractivity contribution in [2.75, 3.05) is 33.9 Å². The lowest BCUT2D eigenvalue weighted by Gasteiger charge is -2.37. The monoisotopic (exact) mass is 521 g/mol. The summed E-state index contributed by atoms with van der Waals surface area (Å²) in [4.78, 5) is 33.2. The number of ether oxygens (including phenoxy) is 2. The first-order chi connectivity index (χ1) is 17.8. The van der Waals surface area contributed by atoms with Crippen LogP contribution in [0.5, 0.6) is 5.75 Å². The molecule has 0 N–H and O–H groups in total. The van der Waals surface area contributed by atoms with Gasteiger partial charge in [0.1, 0.15) is 23.9 Å². The van der Waals surface area contributed by atoms with E-state index in [9.17, 15) is 9.59 Å². The molecule has 194 valence electrons. The van der Waals surface area contributed by atoms with E-state index < -0.39 is 0 Å². The first-order valence-electron chi connectivity index (χ1n) is 12.5. The van der Waals surface area contributed by atoms with Crippen molar-refractivity contribution in [3.8, 4) is 16.9 Å². The summed E-state index contributed by atoms with van der Waals surface area (Å²) in [6, 6.07) is 12.9. The number of allylic oxidation sites excluding steroid dienone is 2. The van der Waals surface area contributed by atoms with Crippen LogP contribution < -0.4 is 4.74 Å². The number of hydrogen-bond donors (Lipinski definition) is 0. The van der Waals surface area contributed by atoms with Gasteiger partial charge in [0.05, 0.1) is 18.7 Å². The molecule has 37 heavy (non-hydrogen) atoms. The third kappa shape index (κ3) is 5.96. The standard InChI is InChI=1S/C29H32ClN3O4/c1-5-36-29(35)21-8-6-7-20(15-21)24-16-22(30)9-12-28(24)37-14-13-33-19(2)31-26-11-10-23(32(3)4)17-25(26)27(33)18-34/h6-9,12,15-16,23H,5,10-11,13-14,17H2,1-4H3. The van der Waals surface area contributed by atoms with E-state index >= 15 is 0 Å². The van der Waals surface area contributed by atoms with Gasteiger partial charge < -0.3 is 19.3 Å². The van der Waals surface area contributed by atoms with Gasteiger partial charge in [0.25, 0.3) is 0 Å². The van der Waals surface area contributed by atoms with Crippen molar-refractivity contribution in [1.82, 2.24) is 9.80 Å². The van der Waals surface area contributed by atoms with E-state index in [4.69, 9.17) is 26.1 Å². The molecule has 4 rings (SSSR count). The Balaban J connectivity index is 1.52. The highest BCUT2D eigenvalue weighted by Crippen LogP contribution is 2.37. The van der Waals surface area contributed by atoms with Crippen molar-refractivity contribution in [3.63, 3.8) is 0 Å². The molecule has 2 aromatic rings. The molecular formula is C29H32ClN3O4. The molecule has 1 heterocycles. The minimum absolute atomic E-state index is 0.305. The third-order valence-electron chi connectivity index (χ3n) is 6.77. The minimum Gasteiger partial charge on any atom is -0.491 e. The third-order valence-corrected chi connectivity index (χ3v) is 7.01. The summed E-state index contributed by atoms with van der Waals surface area (Å²) in [5.41, 5.74) is 4.54. The topological polar surface area (TPSA) is 71.4 Å². The Kier molecular flexibility index (Phi) is 8.49. The van der Waals surface area contributed by atoms with E-state index in [1.54, 1.807) is 31.2 Å². The number of carbonyl (C=O) groups is 1. The van der Waals surface area contributed by atoms with Crippen LogP contribution in [0.1, 0.15) is 43.5 Å². The maximum absolute atomic E-state index is 12.2. The highest BCUT2D eigenvalue weighted by atomic mass is 35.5. The van der Waals surface area contributed by atoms with Crippen LogP contribution in [0.4, 0.5) is 0 Å². The number of rotatable bonds is 8. The number of halogens is 1. The van der Waals surface area contributed by atoms with Crippen molar-refractivity contribution in [3.05, 3.63) is 70.0 Å². The lowest BCUT2D eigenvalue weighted by molar-refractivity contribution is 0.0526. The van der Waals surface area contributed by atoms with Crippen molar-refractivity contribution in [2.45, 2.75) is 39.2 Å². The molecule has 1 aliphatic carbocycles. The summed E-state index contributed by atoms with van der Waals surface area (Å²) in [6.07, 6.45) is 2.65. The fourth-order valence-corrected chi connectivity index (χ4v) is 4.98. The zero-order chi connectivity index (χ0) is 26.5. The van der Waals surface area contributed by atoms with E-state index in [1.807, 2.05) is 30.0 Å². The smallest absolute Gasteiger partial charge is 0.338 e. The van der Waals surface area contributed by atoms with Gasteiger partial charge in [-0.05, 0) is 83.1 Å².